The largest absolute Gasteiger partial charge is 0.497 e. The number of nitrogens with zero attached hydrogens (tertiary/aromatic N) is 2. The van der Waals surface area contributed by atoms with Crippen molar-refractivity contribution < 1.29 is 17.9 Å². The topological polar surface area (TPSA) is 79.0 Å². The minimum absolute atomic E-state index is 0.116. The van der Waals surface area contributed by atoms with Crippen molar-refractivity contribution in [1.82, 2.24) is 9.03 Å². The molecule has 1 atom stereocenters. The minimum Gasteiger partial charge on any atom is -0.497 e. The molecular formula is C13H19N3O4S. The lowest BCUT2D eigenvalue weighted by molar-refractivity contribution is -0.117. The van der Waals surface area contributed by atoms with Gasteiger partial charge in [0.25, 0.3) is 10.2 Å². The maximum Gasteiger partial charge on any atom is 0.279 e. The Balaban J connectivity index is 2.13. The van der Waals surface area contributed by atoms with Gasteiger partial charge in [0.2, 0.25) is 5.91 Å². The lowest BCUT2D eigenvalue weighted by Gasteiger charge is -2.19. The van der Waals surface area contributed by atoms with Gasteiger partial charge in [0.1, 0.15) is 5.75 Å². The van der Waals surface area contributed by atoms with Crippen LogP contribution < -0.4 is 14.4 Å². The first kappa shape index (κ1) is 15.7. The van der Waals surface area contributed by atoms with Gasteiger partial charge < -0.3 is 9.64 Å². The van der Waals surface area contributed by atoms with Crippen LogP contribution in [0.25, 0.3) is 0 Å². The van der Waals surface area contributed by atoms with Gasteiger partial charge in [-0.2, -0.15) is 17.4 Å². The van der Waals surface area contributed by atoms with Gasteiger partial charge in [-0.15, -0.1) is 0 Å². The smallest absolute Gasteiger partial charge is 0.279 e. The second-order valence-electron chi connectivity index (χ2n) is 5.01. The summed E-state index contributed by atoms with van der Waals surface area (Å²) < 4.78 is 32.3. The third-order valence-electron chi connectivity index (χ3n) is 3.29. The summed E-state index contributed by atoms with van der Waals surface area (Å²) in [5.74, 6) is 0.535. The molecule has 8 heteroatoms. The Kier molecular flexibility index (Phi) is 4.50. The Morgan fingerprint density at radius 3 is 2.71 bits per heavy atom. The first-order valence-corrected chi connectivity index (χ1v) is 7.91. The lowest BCUT2D eigenvalue weighted by Crippen LogP contribution is -2.43. The molecule has 1 fully saturated rings. The Bertz CT molecular complexity index is 630. The van der Waals surface area contributed by atoms with Crippen molar-refractivity contribution in [2.45, 2.75) is 12.5 Å². The van der Waals surface area contributed by atoms with E-state index in [9.17, 15) is 13.2 Å². The number of anilines is 1. The molecule has 1 aliphatic heterocycles. The van der Waals surface area contributed by atoms with E-state index >= 15 is 0 Å². The second-order valence-corrected chi connectivity index (χ2v) is 6.93. The van der Waals surface area contributed by atoms with Gasteiger partial charge in [-0.3, -0.25) is 4.79 Å². The van der Waals surface area contributed by atoms with E-state index < -0.39 is 16.3 Å². The Hall–Kier alpha value is -1.64. The van der Waals surface area contributed by atoms with Crippen LogP contribution in [-0.2, 0) is 15.0 Å². The van der Waals surface area contributed by atoms with Crippen LogP contribution in [0.15, 0.2) is 24.3 Å². The van der Waals surface area contributed by atoms with E-state index in [0.29, 0.717) is 18.0 Å². The van der Waals surface area contributed by atoms with Gasteiger partial charge in [-0.1, -0.05) is 6.07 Å². The summed E-state index contributed by atoms with van der Waals surface area (Å²) in [5, 5.41) is 0. The third kappa shape index (κ3) is 3.52. The van der Waals surface area contributed by atoms with Crippen LogP contribution in [-0.4, -0.2) is 52.4 Å². The molecule has 116 valence electrons. The summed E-state index contributed by atoms with van der Waals surface area (Å²) in [6, 6.07) is 6.69. The van der Waals surface area contributed by atoms with Gasteiger partial charge >= 0.3 is 0 Å². The van der Waals surface area contributed by atoms with Crippen molar-refractivity contribution >= 4 is 21.8 Å². The van der Waals surface area contributed by atoms with Crippen LogP contribution in [0.5, 0.6) is 5.75 Å². The fourth-order valence-electron chi connectivity index (χ4n) is 2.13. The zero-order chi connectivity index (χ0) is 15.6. The van der Waals surface area contributed by atoms with Crippen LogP contribution in [0, 0.1) is 0 Å². The van der Waals surface area contributed by atoms with Crippen molar-refractivity contribution in [2.24, 2.45) is 0 Å². The van der Waals surface area contributed by atoms with Crippen LogP contribution in [0.3, 0.4) is 0 Å². The molecule has 0 unspecified atom stereocenters. The van der Waals surface area contributed by atoms with Crippen molar-refractivity contribution in [3.8, 4) is 5.75 Å². The highest BCUT2D eigenvalue weighted by Crippen LogP contribution is 2.25. The molecule has 21 heavy (non-hydrogen) atoms. The number of rotatable bonds is 5. The molecule has 1 N–H and O–H groups in total. The number of carbonyl (C=O) groups excluding carboxylic acids is 1. The molecule has 1 aromatic carbocycles. The van der Waals surface area contributed by atoms with Crippen molar-refractivity contribution in [3.05, 3.63) is 24.3 Å². The summed E-state index contributed by atoms with van der Waals surface area (Å²) in [6.45, 7) is 0.305. The molecule has 0 aromatic heterocycles. The van der Waals surface area contributed by atoms with E-state index in [4.69, 9.17) is 4.74 Å². The van der Waals surface area contributed by atoms with E-state index in [1.807, 2.05) is 0 Å². The molecule has 7 nitrogen and oxygen atoms in total. The van der Waals surface area contributed by atoms with Gasteiger partial charge in [-0.05, 0) is 12.1 Å². The molecule has 1 amide bonds. The van der Waals surface area contributed by atoms with Crippen molar-refractivity contribution in [3.63, 3.8) is 0 Å². The van der Waals surface area contributed by atoms with Gasteiger partial charge in [0.15, 0.2) is 0 Å². The molecule has 1 aliphatic rings. The maximum atomic E-state index is 12.1. The first-order chi connectivity index (χ1) is 9.83. The average molecular weight is 313 g/mol. The van der Waals surface area contributed by atoms with Gasteiger partial charge in [0, 0.05) is 44.9 Å². The number of hydrogen-bond donors (Lipinski definition) is 1. The summed E-state index contributed by atoms with van der Waals surface area (Å²) in [6.07, 6.45) is 0.143. The minimum atomic E-state index is -3.54. The van der Waals surface area contributed by atoms with Crippen molar-refractivity contribution in [2.75, 3.05) is 32.6 Å². The summed E-state index contributed by atoms with van der Waals surface area (Å²) in [4.78, 5) is 13.6. The standard InChI is InChI=1S/C13H19N3O4S/c1-15(2)21(18,19)14-10-7-13(17)16(9-10)11-5-4-6-12(8-11)20-3/h4-6,8,10,14H,7,9H2,1-3H3/t10-/m1/s1. The zero-order valence-corrected chi connectivity index (χ0v) is 13.1. The van der Waals surface area contributed by atoms with E-state index in [2.05, 4.69) is 4.72 Å². The van der Waals surface area contributed by atoms with Gasteiger partial charge in [-0.25, -0.2) is 0 Å². The fraction of sp³-hybridized carbons (Fsp3) is 0.462. The SMILES string of the molecule is COc1cccc(N2C[C@H](NS(=O)(=O)N(C)C)CC2=O)c1. The van der Waals surface area contributed by atoms with Crippen LogP contribution in [0.1, 0.15) is 6.42 Å². The Morgan fingerprint density at radius 2 is 2.10 bits per heavy atom. The number of nitrogens with one attached hydrogen (secondary N) is 1. The monoisotopic (exact) mass is 313 g/mol. The molecule has 0 spiro atoms. The molecule has 0 bridgehead atoms. The number of methoxy groups -OCH3 is 1. The van der Waals surface area contributed by atoms with E-state index in [1.165, 1.54) is 14.1 Å². The van der Waals surface area contributed by atoms with Crippen molar-refractivity contribution in [1.29, 1.82) is 0 Å². The molecule has 0 aliphatic carbocycles. The van der Waals surface area contributed by atoms with Crippen LogP contribution in [0.4, 0.5) is 5.69 Å². The highest BCUT2D eigenvalue weighted by molar-refractivity contribution is 7.87. The number of carbonyl (C=O) groups is 1. The molecular weight excluding hydrogens is 294 g/mol. The van der Waals surface area contributed by atoms with E-state index in [-0.39, 0.29) is 12.3 Å². The molecule has 1 aromatic rings. The predicted octanol–water partition coefficient (Wildman–Crippen LogP) is 0.197. The number of hydrogen-bond acceptors (Lipinski definition) is 4. The Morgan fingerprint density at radius 1 is 1.38 bits per heavy atom. The van der Waals surface area contributed by atoms with E-state index in [0.717, 1.165) is 4.31 Å². The maximum absolute atomic E-state index is 12.1. The van der Waals surface area contributed by atoms with Gasteiger partial charge in [0.05, 0.1) is 7.11 Å². The molecule has 1 heterocycles. The molecule has 0 radical (unpaired) electrons. The number of ether oxygens (including phenoxy) is 1. The average Bonchev–Trinajstić information content (AvgIpc) is 2.78. The van der Waals surface area contributed by atoms with Crippen LogP contribution in [0.2, 0.25) is 0 Å². The summed E-state index contributed by atoms with van der Waals surface area (Å²) >= 11 is 0. The highest BCUT2D eigenvalue weighted by Gasteiger charge is 2.33. The summed E-state index contributed by atoms with van der Waals surface area (Å²) in [7, 11) is 0.898. The number of benzene rings is 1. The molecule has 1 saturated heterocycles. The zero-order valence-electron chi connectivity index (χ0n) is 12.2. The quantitative estimate of drug-likeness (QED) is 0.842. The molecule has 0 saturated carbocycles. The predicted molar refractivity (Wildman–Crippen MR) is 79.5 cm³/mol. The first-order valence-electron chi connectivity index (χ1n) is 6.47. The number of amides is 1. The normalized spacial score (nSPS) is 19.3. The fourth-order valence-corrected chi connectivity index (χ4v) is 2.92. The summed E-state index contributed by atoms with van der Waals surface area (Å²) in [5.41, 5.74) is 0.700. The lowest BCUT2D eigenvalue weighted by atomic mass is 10.3. The van der Waals surface area contributed by atoms with Crippen LogP contribution >= 0.6 is 0 Å². The molecule has 2 rings (SSSR count). The van der Waals surface area contributed by atoms with E-state index in [1.54, 1.807) is 36.3 Å². The Labute approximate surface area is 124 Å². The highest BCUT2D eigenvalue weighted by atomic mass is 32.2. The second kappa shape index (κ2) is 6.00. The third-order valence-corrected chi connectivity index (χ3v) is 4.88.